The van der Waals surface area contributed by atoms with Crippen molar-refractivity contribution < 1.29 is 14.0 Å². The highest BCUT2D eigenvalue weighted by Crippen LogP contribution is 2.25. The van der Waals surface area contributed by atoms with Gasteiger partial charge < -0.3 is 10.6 Å². The lowest BCUT2D eigenvalue weighted by Gasteiger charge is -2.12. The molecule has 0 aliphatic rings. The van der Waals surface area contributed by atoms with Crippen molar-refractivity contribution >= 4 is 29.3 Å². The minimum atomic E-state index is -0.518. The molecular formula is C20H21FN6O2S. The Morgan fingerprint density at radius 3 is 2.67 bits per heavy atom. The molecule has 1 heterocycles. The third kappa shape index (κ3) is 5.20. The number of carbonyl (C=O) groups excluding carboxylic acids is 2. The molecule has 2 aromatic carbocycles. The average molecular weight is 428 g/mol. The number of tetrazole rings is 1. The highest BCUT2D eigenvalue weighted by atomic mass is 32.2. The van der Waals surface area contributed by atoms with E-state index in [0.717, 1.165) is 0 Å². The number of anilines is 1. The number of amides is 2. The van der Waals surface area contributed by atoms with Gasteiger partial charge in [0, 0.05) is 16.6 Å². The molecule has 10 heteroatoms. The SMILES string of the molecule is Cc1nnnn1-c1cc(NC(=O)c2ccccc2SCC(=O)NC(C)C)ccc1F. The van der Waals surface area contributed by atoms with Crippen LogP contribution < -0.4 is 10.6 Å². The van der Waals surface area contributed by atoms with Crippen molar-refractivity contribution in [1.29, 1.82) is 0 Å². The van der Waals surface area contributed by atoms with E-state index in [1.165, 1.54) is 34.6 Å². The van der Waals surface area contributed by atoms with E-state index in [-0.39, 0.29) is 29.3 Å². The summed E-state index contributed by atoms with van der Waals surface area (Å²) in [6, 6.07) is 11.2. The van der Waals surface area contributed by atoms with Crippen molar-refractivity contribution in [1.82, 2.24) is 25.5 Å². The Morgan fingerprint density at radius 1 is 1.20 bits per heavy atom. The van der Waals surface area contributed by atoms with E-state index in [1.807, 2.05) is 13.8 Å². The number of nitrogens with zero attached hydrogens (tertiary/aromatic N) is 4. The molecular weight excluding hydrogens is 407 g/mol. The molecule has 3 aromatic rings. The van der Waals surface area contributed by atoms with E-state index < -0.39 is 5.82 Å². The van der Waals surface area contributed by atoms with Gasteiger partial charge in [-0.25, -0.2) is 4.39 Å². The number of nitrogens with one attached hydrogen (secondary N) is 2. The number of rotatable bonds is 7. The summed E-state index contributed by atoms with van der Waals surface area (Å²) >= 11 is 1.28. The Hall–Kier alpha value is -3.27. The highest BCUT2D eigenvalue weighted by molar-refractivity contribution is 8.00. The van der Waals surface area contributed by atoms with E-state index in [9.17, 15) is 14.0 Å². The molecule has 3 rings (SSSR count). The predicted molar refractivity (Wildman–Crippen MR) is 112 cm³/mol. The monoisotopic (exact) mass is 428 g/mol. The smallest absolute Gasteiger partial charge is 0.256 e. The zero-order chi connectivity index (χ0) is 21.7. The maximum absolute atomic E-state index is 14.2. The normalized spacial score (nSPS) is 10.8. The number of hydrogen-bond donors (Lipinski definition) is 2. The molecule has 0 saturated carbocycles. The van der Waals surface area contributed by atoms with Gasteiger partial charge in [-0.15, -0.1) is 16.9 Å². The van der Waals surface area contributed by atoms with Gasteiger partial charge in [0.2, 0.25) is 5.91 Å². The summed E-state index contributed by atoms with van der Waals surface area (Å²) in [5.74, 6) is -0.380. The van der Waals surface area contributed by atoms with Crippen LogP contribution in [-0.4, -0.2) is 43.8 Å². The van der Waals surface area contributed by atoms with Gasteiger partial charge in [0.15, 0.2) is 5.82 Å². The molecule has 0 unspecified atom stereocenters. The number of aryl methyl sites for hydroxylation is 1. The molecule has 0 radical (unpaired) electrons. The molecule has 2 N–H and O–H groups in total. The van der Waals surface area contributed by atoms with E-state index in [2.05, 4.69) is 26.2 Å². The number of carbonyl (C=O) groups is 2. The Labute approximate surface area is 177 Å². The third-order valence-electron chi connectivity index (χ3n) is 4.00. The fourth-order valence-electron chi connectivity index (χ4n) is 2.69. The Morgan fingerprint density at radius 2 is 1.97 bits per heavy atom. The van der Waals surface area contributed by atoms with Crippen LogP contribution in [0, 0.1) is 12.7 Å². The first kappa shape index (κ1) is 21.4. The molecule has 1 aromatic heterocycles. The number of benzene rings is 2. The lowest BCUT2D eigenvalue weighted by atomic mass is 10.2. The first-order valence-electron chi connectivity index (χ1n) is 9.22. The van der Waals surface area contributed by atoms with E-state index in [0.29, 0.717) is 22.0 Å². The number of halogens is 1. The lowest BCUT2D eigenvalue weighted by molar-refractivity contribution is -0.119. The lowest BCUT2D eigenvalue weighted by Crippen LogP contribution is -2.31. The van der Waals surface area contributed by atoms with Crippen LogP contribution in [0.25, 0.3) is 5.69 Å². The summed E-state index contributed by atoms with van der Waals surface area (Å²) in [7, 11) is 0. The van der Waals surface area contributed by atoms with Gasteiger partial charge in [-0.1, -0.05) is 12.1 Å². The average Bonchev–Trinajstić information content (AvgIpc) is 3.13. The standard InChI is InChI=1S/C20H21FN6O2S/c1-12(2)22-19(28)11-30-18-7-5-4-6-15(18)20(29)23-14-8-9-16(21)17(10-14)27-13(3)24-25-26-27/h4-10,12H,11H2,1-3H3,(H,22,28)(H,23,29). The van der Waals surface area contributed by atoms with Crippen LogP contribution in [0.15, 0.2) is 47.4 Å². The van der Waals surface area contributed by atoms with Crippen molar-refractivity contribution in [3.05, 3.63) is 59.7 Å². The van der Waals surface area contributed by atoms with Crippen molar-refractivity contribution in [3.8, 4) is 5.69 Å². The summed E-state index contributed by atoms with van der Waals surface area (Å²) < 4.78 is 15.5. The molecule has 8 nitrogen and oxygen atoms in total. The van der Waals surface area contributed by atoms with Gasteiger partial charge in [0.25, 0.3) is 5.91 Å². The zero-order valence-electron chi connectivity index (χ0n) is 16.7. The molecule has 30 heavy (non-hydrogen) atoms. The van der Waals surface area contributed by atoms with Crippen LogP contribution >= 0.6 is 11.8 Å². The first-order valence-corrected chi connectivity index (χ1v) is 10.2. The minimum Gasteiger partial charge on any atom is -0.353 e. The van der Waals surface area contributed by atoms with Gasteiger partial charge in [0.05, 0.1) is 11.3 Å². The van der Waals surface area contributed by atoms with Crippen molar-refractivity contribution in [2.45, 2.75) is 31.7 Å². The van der Waals surface area contributed by atoms with Crippen molar-refractivity contribution in [2.75, 3.05) is 11.1 Å². The van der Waals surface area contributed by atoms with Crippen LogP contribution in [0.3, 0.4) is 0 Å². The summed E-state index contributed by atoms with van der Waals surface area (Å²) in [5.41, 5.74) is 0.941. The van der Waals surface area contributed by atoms with Crippen LogP contribution in [0.1, 0.15) is 30.0 Å². The molecule has 0 atom stereocenters. The quantitative estimate of drug-likeness (QED) is 0.561. The van der Waals surface area contributed by atoms with E-state index >= 15 is 0 Å². The van der Waals surface area contributed by atoms with E-state index in [4.69, 9.17) is 0 Å². The number of aromatic nitrogens is 4. The van der Waals surface area contributed by atoms with Crippen LogP contribution in [0.5, 0.6) is 0 Å². The molecule has 0 spiro atoms. The Kier molecular flexibility index (Phi) is 6.78. The third-order valence-corrected chi connectivity index (χ3v) is 5.07. The first-order chi connectivity index (χ1) is 14.3. The molecule has 0 saturated heterocycles. The highest BCUT2D eigenvalue weighted by Gasteiger charge is 2.15. The molecule has 0 bridgehead atoms. The largest absolute Gasteiger partial charge is 0.353 e. The summed E-state index contributed by atoms with van der Waals surface area (Å²) in [4.78, 5) is 25.4. The van der Waals surface area contributed by atoms with Gasteiger partial charge in [-0.05, 0) is 61.5 Å². The Bertz CT molecular complexity index is 1070. The van der Waals surface area contributed by atoms with Crippen molar-refractivity contribution in [2.24, 2.45) is 0 Å². The number of thioether (sulfide) groups is 1. The second kappa shape index (κ2) is 9.49. The second-order valence-corrected chi connectivity index (χ2v) is 7.78. The summed E-state index contributed by atoms with van der Waals surface area (Å²) in [6.07, 6.45) is 0. The maximum Gasteiger partial charge on any atom is 0.256 e. The fraction of sp³-hybridized carbons (Fsp3) is 0.250. The maximum atomic E-state index is 14.2. The minimum absolute atomic E-state index is 0.0492. The van der Waals surface area contributed by atoms with Crippen LogP contribution in [-0.2, 0) is 4.79 Å². The topological polar surface area (TPSA) is 102 Å². The van der Waals surface area contributed by atoms with Gasteiger partial charge >= 0.3 is 0 Å². The zero-order valence-corrected chi connectivity index (χ0v) is 17.5. The second-order valence-electron chi connectivity index (χ2n) is 6.77. The van der Waals surface area contributed by atoms with Crippen LogP contribution in [0.4, 0.5) is 10.1 Å². The summed E-state index contributed by atoms with van der Waals surface area (Å²) in [5, 5.41) is 16.6. The summed E-state index contributed by atoms with van der Waals surface area (Å²) in [6.45, 7) is 5.42. The molecule has 2 amide bonds. The van der Waals surface area contributed by atoms with Crippen molar-refractivity contribution in [3.63, 3.8) is 0 Å². The van der Waals surface area contributed by atoms with Crippen LogP contribution in [0.2, 0.25) is 0 Å². The number of hydrogen-bond acceptors (Lipinski definition) is 6. The van der Waals surface area contributed by atoms with Gasteiger partial charge in [-0.2, -0.15) is 4.68 Å². The Balaban J connectivity index is 1.77. The van der Waals surface area contributed by atoms with Gasteiger partial charge in [-0.3, -0.25) is 9.59 Å². The predicted octanol–water partition coefficient (Wildman–Crippen LogP) is 2.98. The molecule has 0 fully saturated rings. The fourth-order valence-corrected chi connectivity index (χ4v) is 3.55. The molecule has 156 valence electrons. The molecule has 0 aliphatic carbocycles. The molecule has 0 aliphatic heterocycles. The van der Waals surface area contributed by atoms with E-state index in [1.54, 1.807) is 31.2 Å². The van der Waals surface area contributed by atoms with Gasteiger partial charge in [0.1, 0.15) is 11.5 Å².